The third-order valence-corrected chi connectivity index (χ3v) is 2.87. The number of hydrogen-bond donors (Lipinski definition) is 1. The van der Waals surface area contributed by atoms with E-state index in [-0.39, 0.29) is 5.91 Å². The van der Waals surface area contributed by atoms with E-state index in [4.69, 9.17) is 0 Å². The van der Waals surface area contributed by atoms with E-state index in [1.807, 2.05) is 24.5 Å². The van der Waals surface area contributed by atoms with E-state index < -0.39 is 0 Å². The van der Waals surface area contributed by atoms with E-state index >= 15 is 0 Å². The SMILES string of the molecule is CSc1ccc(NC(C)=O)c(Br)c1. The van der Waals surface area contributed by atoms with Gasteiger partial charge in [0.05, 0.1) is 5.69 Å². The van der Waals surface area contributed by atoms with Crippen LogP contribution in [-0.2, 0) is 4.79 Å². The number of nitrogens with one attached hydrogen (secondary N) is 1. The smallest absolute Gasteiger partial charge is 0.221 e. The topological polar surface area (TPSA) is 29.1 Å². The number of rotatable bonds is 2. The molecule has 1 amide bonds. The molecule has 0 fully saturated rings. The molecule has 0 bridgehead atoms. The predicted octanol–water partition coefficient (Wildman–Crippen LogP) is 3.13. The standard InChI is InChI=1S/C9H10BrNOS/c1-6(12)11-9-4-3-7(13-2)5-8(9)10/h3-5H,1-2H3,(H,11,12). The van der Waals surface area contributed by atoms with Crippen molar-refractivity contribution in [1.82, 2.24) is 0 Å². The lowest BCUT2D eigenvalue weighted by Crippen LogP contribution is -2.06. The summed E-state index contributed by atoms with van der Waals surface area (Å²) in [7, 11) is 0. The van der Waals surface area contributed by atoms with Crippen molar-refractivity contribution in [2.45, 2.75) is 11.8 Å². The van der Waals surface area contributed by atoms with Crippen LogP contribution < -0.4 is 5.32 Å². The highest BCUT2D eigenvalue weighted by atomic mass is 79.9. The van der Waals surface area contributed by atoms with Crippen LogP contribution in [0.5, 0.6) is 0 Å². The number of anilines is 1. The van der Waals surface area contributed by atoms with Crippen LogP contribution in [0.3, 0.4) is 0 Å². The maximum Gasteiger partial charge on any atom is 0.221 e. The van der Waals surface area contributed by atoms with Gasteiger partial charge < -0.3 is 5.32 Å². The van der Waals surface area contributed by atoms with Crippen molar-refractivity contribution in [2.24, 2.45) is 0 Å². The lowest BCUT2D eigenvalue weighted by atomic mass is 10.3. The van der Waals surface area contributed by atoms with Crippen LogP contribution in [0.15, 0.2) is 27.6 Å². The van der Waals surface area contributed by atoms with Crippen molar-refractivity contribution in [1.29, 1.82) is 0 Å². The second kappa shape index (κ2) is 4.67. The Labute approximate surface area is 90.2 Å². The zero-order chi connectivity index (χ0) is 9.84. The van der Waals surface area contributed by atoms with E-state index in [9.17, 15) is 4.79 Å². The summed E-state index contributed by atoms with van der Waals surface area (Å²) in [6.07, 6.45) is 2.01. The molecule has 13 heavy (non-hydrogen) atoms. The minimum Gasteiger partial charge on any atom is -0.325 e. The van der Waals surface area contributed by atoms with Gasteiger partial charge in [-0.1, -0.05) is 0 Å². The average Bonchev–Trinajstić information content (AvgIpc) is 2.08. The summed E-state index contributed by atoms with van der Waals surface area (Å²) in [6, 6.07) is 5.84. The van der Waals surface area contributed by atoms with Crippen LogP contribution >= 0.6 is 27.7 Å². The van der Waals surface area contributed by atoms with Gasteiger partial charge in [-0.05, 0) is 40.4 Å². The minimum absolute atomic E-state index is 0.0578. The lowest BCUT2D eigenvalue weighted by molar-refractivity contribution is -0.114. The van der Waals surface area contributed by atoms with Gasteiger partial charge in [0.15, 0.2) is 0 Å². The highest BCUT2D eigenvalue weighted by Gasteiger charge is 2.01. The Hall–Kier alpha value is -0.480. The second-order valence-corrected chi connectivity index (χ2v) is 4.26. The van der Waals surface area contributed by atoms with Gasteiger partial charge in [0.1, 0.15) is 0 Å². The Morgan fingerprint density at radius 2 is 2.23 bits per heavy atom. The Bertz CT molecular complexity index is 327. The Morgan fingerprint density at radius 3 is 2.69 bits per heavy atom. The molecule has 0 unspecified atom stereocenters. The van der Waals surface area contributed by atoms with Crippen molar-refractivity contribution in [3.63, 3.8) is 0 Å². The third kappa shape index (κ3) is 3.04. The van der Waals surface area contributed by atoms with Crippen molar-refractivity contribution >= 4 is 39.3 Å². The fourth-order valence-electron chi connectivity index (χ4n) is 0.914. The lowest BCUT2D eigenvalue weighted by Gasteiger charge is -2.05. The van der Waals surface area contributed by atoms with Crippen molar-refractivity contribution in [3.05, 3.63) is 22.7 Å². The van der Waals surface area contributed by atoms with Gasteiger partial charge in [0.25, 0.3) is 0 Å². The third-order valence-electron chi connectivity index (χ3n) is 1.49. The number of carbonyl (C=O) groups excluding carboxylic acids is 1. The molecule has 0 radical (unpaired) electrons. The van der Waals surface area contributed by atoms with E-state index in [0.717, 1.165) is 10.2 Å². The Morgan fingerprint density at radius 1 is 1.54 bits per heavy atom. The van der Waals surface area contributed by atoms with Gasteiger partial charge in [0.2, 0.25) is 5.91 Å². The molecule has 2 nitrogen and oxygen atoms in total. The summed E-state index contributed by atoms with van der Waals surface area (Å²) in [5.74, 6) is -0.0578. The van der Waals surface area contributed by atoms with Crippen LogP contribution in [0.4, 0.5) is 5.69 Å². The van der Waals surface area contributed by atoms with Crippen molar-refractivity contribution < 1.29 is 4.79 Å². The summed E-state index contributed by atoms with van der Waals surface area (Å²) in [4.78, 5) is 12.0. The number of thioether (sulfide) groups is 1. The minimum atomic E-state index is -0.0578. The normalized spacial score (nSPS) is 9.77. The van der Waals surface area contributed by atoms with Crippen LogP contribution in [0, 0.1) is 0 Å². The fraction of sp³-hybridized carbons (Fsp3) is 0.222. The highest BCUT2D eigenvalue weighted by molar-refractivity contribution is 9.10. The largest absolute Gasteiger partial charge is 0.325 e. The average molecular weight is 260 g/mol. The molecule has 1 N–H and O–H groups in total. The van der Waals surface area contributed by atoms with Gasteiger partial charge in [-0.25, -0.2) is 0 Å². The molecule has 70 valence electrons. The van der Waals surface area contributed by atoms with Crippen LogP contribution in [0.1, 0.15) is 6.92 Å². The molecule has 0 heterocycles. The second-order valence-electron chi connectivity index (χ2n) is 2.53. The molecule has 0 saturated heterocycles. The van der Waals surface area contributed by atoms with Crippen molar-refractivity contribution in [2.75, 3.05) is 11.6 Å². The quantitative estimate of drug-likeness (QED) is 0.828. The molecule has 1 rings (SSSR count). The molecular formula is C9H10BrNOS. The van der Waals surface area contributed by atoms with Crippen molar-refractivity contribution in [3.8, 4) is 0 Å². The first kappa shape index (κ1) is 10.6. The van der Waals surface area contributed by atoms with Gasteiger partial charge in [-0.2, -0.15) is 0 Å². The van der Waals surface area contributed by atoms with Gasteiger partial charge in [0, 0.05) is 16.3 Å². The molecule has 0 atom stereocenters. The van der Waals surface area contributed by atoms with Gasteiger partial charge in [-0.15, -0.1) is 11.8 Å². The maximum absolute atomic E-state index is 10.8. The predicted molar refractivity (Wildman–Crippen MR) is 60.2 cm³/mol. The number of carbonyl (C=O) groups is 1. The molecule has 0 saturated carbocycles. The Kier molecular flexibility index (Phi) is 3.81. The molecule has 0 aromatic heterocycles. The molecule has 4 heteroatoms. The highest BCUT2D eigenvalue weighted by Crippen LogP contribution is 2.27. The monoisotopic (exact) mass is 259 g/mol. The van der Waals surface area contributed by atoms with Crippen LogP contribution in [0.25, 0.3) is 0 Å². The molecule has 1 aromatic rings. The number of benzene rings is 1. The summed E-state index contributed by atoms with van der Waals surface area (Å²) in [6.45, 7) is 1.49. The molecule has 0 aliphatic heterocycles. The molecule has 0 aliphatic carbocycles. The summed E-state index contributed by atoms with van der Waals surface area (Å²) >= 11 is 5.06. The van der Waals surface area contributed by atoms with E-state index in [1.54, 1.807) is 11.8 Å². The maximum atomic E-state index is 10.8. The first-order valence-electron chi connectivity index (χ1n) is 3.74. The van der Waals surface area contributed by atoms with Crippen LogP contribution in [0.2, 0.25) is 0 Å². The summed E-state index contributed by atoms with van der Waals surface area (Å²) in [5.41, 5.74) is 0.810. The first-order chi connectivity index (χ1) is 6.13. The van der Waals surface area contributed by atoms with Crippen LogP contribution in [-0.4, -0.2) is 12.2 Å². The van der Waals surface area contributed by atoms with Gasteiger partial charge in [-0.3, -0.25) is 4.79 Å². The van der Waals surface area contributed by atoms with E-state index in [1.165, 1.54) is 11.8 Å². The van der Waals surface area contributed by atoms with Gasteiger partial charge >= 0.3 is 0 Å². The zero-order valence-electron chi connectivity index (χ0n) is 7.43. The first-order valence-corrected chi connectivity index (χ1v) is 5.76. The molecular weight excluding hydrogens is 250 g/mol. The fourth-order valence-corrected chi connectivity index (χ4v) is 1.98. The zero-order valence-corrected chi connectivity index (χ0v) is 9.83. The molecule has 0 spiro atoms. The number of halogens is 1. The van der Waals surface area contributed by atoms with E-state index in [2.05, 4.69) is 21.2 Å². The summed E-state index contributed by atoms with van der Waals surface area (Å²) in [5, 5.41) is 2.73. The summed E-state index contributed by atoms with van der Waals surface area (Å²) < 4.78 is 0.912. The van der Waals surface area contributed by atoms with E-state index in [0.29, 0.717) is 0 Å². The number of hydrogen-bond acceptors (Lipinski definition) is 2. The Balaban J connectivity index is 2.91. The molecule has 0 aliphatic rings. The number of amides is 1. The molecule has 1 aromatic carbocycles.